The molecule has 0 aliphatic carbocycles. The molecule has 0 amide bonds. The van der Waals surface area contributed by atoms with Gasteiger partial charge in [0.2, 0.25) is 0 Å². The van der Waals surface area contributed by atoms with Crippen molar-refractivity contribution in [2.24, 2.45) is 10.7 Å². The third-order valence-electron chi connectivity index (χ3n) is 3.86. The van der Waals surface area contributed by atoms with Gasteiger partial charge in [-0.25, -0.2) is 9.11 Å². The minimum absolute atomic E-state index is 0.168. The van der Waals surface area contributed by atoms with Crippen molar-refractivity contribution in [2.75, 3.05) is 44.2 Å². The summed E-state index contributed by atoms with van der Waals surface area (Å²) in [4.78, 5) is 8.36. The zero-order valence-electron chi connectivity index (χ0n) is 15.2. The molecular formula is C16H27FN6O2S. The maximum absolute atomic E-state index is 13.0. The Kier molecular flexibility index (Phi) is 7.18. The Balaban J connectivity index is 1.76. The molecule has 10 heteroatoms. The van der Waals surface area contributed by atoms with Gasteiger partial charge in [0, 0.05) is 44.5 Å². The second-order valence-corrected chi connectivity index (χ2v) is 7.89. The van der Waals surface area contributed by atoms with Gasteiger partial charge in [-0.1, -0.05) is 0 Å². The predicted molar refractivity (Wildman–Crippen MR) is 102 cm³/mol. The second kappa shape index (κ2) is 9.15. The van der Waals surface area contributed by atoms with E-state index < -0.39 is 10.2 Å². The van der Waals surface area contributed by atoms with Gasteiger partial charge in [-0.2, -0.15) is 13.1 Å². The molecule has 1 aromatic rings. The Morgan fingerprint density at radius 2 is 1.85 bits per heavy atom. The van der Waals surface area contributed by atoms with E-state index in [0.29, 0.717) is 19.0 Å². The van der Waals surface area contributed by atoms with Crippen LogP contribution in [0.1, 0.15) is 13.8 Å². The van der Waals surface area contributed by atoms with Gasteiger partial charge in [0.25, 0.3) is 10.2 Å². The number of hydrogen-bond acceptors (Lipinski definition) is 4. The summed E-state index contributed by atoms with van der Waals surface area (Å²) >= 11 is 0. The minimum Gasteiger partial charge on any atom is -0.370 e. The highest BCUT2D eigenvalue weighted by atomic mass is 32.2. The summed E-state index contributed by atoms with van der Waals surface area (Å²) in [5.41, 5.74) is 6.98. The van der Waals surface area contributed by atoms with Crippen LogP contribution in [-0.2, 0) is 10.2 Å². The summed E-state index contributed by atoms with van der Waals surface area (Å²) in [6.45, 7) is 6.86. The lowest BCUT2D eigenvalue weighted by Gasteiger charge is -2.36. The molecule has 1 aliphatic heterocycles. The molecule has 2 rings (SSSR count). The first-order valence-electron chi connectivity index (χ1n) is 8.59. The van der Waals surface area contributed by atoms with E-state index in [0.717, 1.165) is 18.8 Å². The molecule has 1 fully saturated rings. The lowest BCUT2D eigenvalue weighted by atomic mass is 10.2. The molecule has 0 bridgehead atoms. The fraction of sp³-hybridized carbons (Fsp3) is 0.562. The van der Waals surface area contributed by atoms with Gasteiger partial charge in [0.05, 0.1) is 6.54 Å². The molecule has 0 unspecified atom stereocenters. The molecule has 0 saturated carbocycles. The van der Waals surface area contributed by atoms with E-state index in [-0.39, 0.29) is 24.9 Å². The van der Waals surface area contributed by atoms with E-state index in [9.17, 15) is 12.8 Å². The summed E-state index contributed by atoms with van der Waals surface area (Å²) in [7, 11) is -3.50. The standard InChI is InChI=1S/C16H27FN6O2S/c1-13(2)21-26(24,25)20-8-7-19-16(18)23-11-9-22(10-12-23)15-5-3-14(17)4-6-15/h3-6,13,20-21H,7-12H2,1-2H3,(H2,18,19). The monoisotopic (exact) mass is 386 g/mol. The number of nitrogens with one attached hydrogen (secondary N) is 2. The van der Waals surface area contributed by atoms with Gasteiger partial charge >= 0.3 is 0 Å². The molecule has 0 aromatic heterocycles. The SMILES string of the molecule is CC(C)NS(=O)(=O)NCCN=C(N)N1CCN(c2ccc(F)cc2)CC1. The van der Waals surface area contributed by atoms with E-state index >= 15 is 0 Å². The van der Waals surface area contributed by atoms with Crippen LogP contribution in [0.5, 0.6) is 0 Å². The number of guanidine groups is 1. The third kappa shape index (κ3) is 6.43. The van der Waals surface area contributed by atoms with Crippen LogP contribution in [0.25, 0.3) is 0 Å². The van der Waals surface area contributed by atoms with Crippen LogP contribution in [0.15, 0.2) is 29.3 Å². The molecule has 1 aromatic carbocycles. The Hall–Kier alpha value is -1.91. The first-order chi connectivity index (χ1) is 12.3. The Bertz CT molecular complexity index is 700. The maximum atomic E-state index is 13.0. The summed E-state index contributed by atoms with van der Waals surface area (Å²) in [5.74, 6) is 0.155. The van der Waals surface area contributed by atoms with Crippen molar-refractivity contribution in [1.82, 2.24) is 14.3 Å². The van der Waals surface area contributed by atoms with Crippen molar-refractivity contribution in [3.8, 4) is 0 Å². The average Bonchev–Trinajstić information content (AvgIpc) is 2.58. The number of anilines is 1. The first kappa shape index (κ1) is 20.4. The largest absolute Gasteiger partial charge is 0.370 e. The molecule has 26 heavy (non-hydrogen) atoms. The fourth-order valence-electron chi connectivity index (χ4n) is 2.65. The van der Waals surface area contributed by atoms with Crippen LogP contribution in [0.3, 0.4) is 0 Å². The number of piperazine rings is 1. The number of rotatable bonds is 7. The lowest BCUT2D eigenvalue weighted by Crippen LogP contribution is -2.51. The highest BCUT2D eigenvalue weighted by molar-refractivity contribution is 7.87. The van der Waals surface area contributed by atoms with Gasteiger partial charge in [-0.15, -0.1) is 0 Å². The van der Waals surface area contributed by atoms with Gasteiger partial charge < -0.3 is 15.5 Å². The number of halogens is 1. The highest BCUT2D eigenvalue weighted by Crippen LogP contribution is 2.16. The van der Waals surface area contributed by atoms with Crippen LogP contribution in [0.2, 0.25) is 0 Å². The predicted octanol–water partition coefficient (Wildman–Crippen LogP) is 0.0948. The van der Waals surface area contributed by atoms with Gasteiger partial charge in [0.15, 0.2) is 5.96 Å². The van der Waals surface area contributed by atoms with Crippen molar-refractivity contribution < 1.29 is 12.8 Å². The lowest BCUT2D eigenvalue weighted by molar-refractivity contribution is 0.381. The van der Waals surface area contributed by atoms with Gasteiger partial charge in [-0.05, 0) is 38.1 Å². The van der Waals surface area contributed by atoms with Crippen molar-refractivity contribution in [3.05, 3.63) is 30.1 Å². The molecule has 4 N–H and O–H groups in total. The van der Waals surface area contributed by atoms with E-state index in [1.807, 2.05) is 4.90 Å². The summed E-state index contributed by atoms with van der Waals surface area (Å²) < 4.78 is 41.1. The molecule has 0 radical (unpaired) electrons. The van der Waals surface area contributed by atoms with Crippen molar-refractivity contribution in [3.63, 3.8) is 0 Å². The summed E-state index contributed by atoms with van der Waals surface area (Å²) in [5, 5.41) is 0. The number of benzene rings is 1. The smallest absolute Gasteiger partial charge is 0.277 e. The maximum Gasteiger partial charge on any atom is 0.277 e. The first-order valence-corrected chi connectivity index (χ1v) is 10.1. The van der Waals surface area contributed by atoms with Crippen molar-refractivity contribution >= 4 is 21.9 Å². The number of nitrogens with two attached hydrogens (primary N) is 1. The fourth-order valence-corrected chi connectivity index (χ4v) is 3.71. The topological polar surface area (TPSA) is 103 Å². The number of nitrogens with zero attached hydrogens (tertiary/aromatic N) is 3. The number of aliphatic imine (C=N–C) groups is 1. The van der Waals surface area contributed by atoms with Crippen LogP contribution in [0, 0.1) is 5.82 Å². The van der Waals surface area contributed by atoms with E-state index in [2.05, 4.69) is 19.3 Å². The molecule has 8 nitrogen and oxygen atoms in total. The molecule has 1 heterocycles. The molecular weight excluding hydrogens is 359 g/mol. The second-order valence-electron chi connectivity index (χ2n) is 6.36. The van der Waals surface area contributed by atoms with Crippen molar-refractivity contribution in [2.45, 2.75) is 19.9 Å². The molecule has 0 atom stereocenters. The number of hydrogen-bond donors (Lipinski definition) is 3. The van der Waals surface area contributed by atoms with Crippen molar-refractivity contribution in [1.29, 1.82) is 0 Å². The minimum atomic E-state index is -3.50. The molecule has 0 spiro atoms. The average molecular weight is 386 g/mol. The summed E-state index contributed by atoms with van der Waals surface area (Å²) in [6.07, 6.45) is 0. The third-order valence-corrected chi connectivity index (χ3v) is 5.23. The van der Waals surface area contributed by atoms with Gasteiger partial charge in [-0.3, -0.25) is 4.99 Å². The molecule has 1 saturated heterocycles. The van der Waals surface area contributed by atoms with Crippen LogP contribution >= 0.6 is 0 Å². The Morgan fingerprint density at radius 3 is 2.42 bits per heavy atom. The Labute approximate surface area is 154 Å². The Morgan fingerprint density at radius 1 is 1.23 bits per heavy atom. The van der Waals surface area contributed by atoms with Crippen LogP contribution in [0.4, 0.5) is 10.1 Å². The highest BCUT2D eigenvalue weighted by Gasteiger charge is 2.18. The van der Waals surface area contributed by atoms with E-state index in [4.69, 9.17) is 5.73 Å². The van der Waals surface area contributed by atoms with E-state index in [1.165, 1.54) is 12.1 Å². The zero-order valence-corrected chi connectivity index (χ0v) is 16.0. The van der Waals surface area contributed by atoms with Gasteiger partial charge in [0.1, 0.15) is 5.82 Å². The summed E-state index contributed by atoms with van der Waals surface area (Å²) in [6, 6.07) is 6.26. The zero-order chi connectivity index (χ0) is 19.2. The molecule has 1 aliphatic rings. The normalized spacial score (nSPS) is 16.4. The van der Waals surface area contributed by atoms with Crippen LogP contribution < -0.4 is 20.1 Å². The molecule has 146 valence electrons. The van der Waals surface area contributed by atoms with Crippen LogP contribution in [-0.4, -0.2) is 64.6 Å². The van der Waals surface area contributed by atoms with E-state index in [1.54, 1.807) is 26.0 Å². The quantitative estimate of drug-likeness (QED) is 0.350.